The molecule has 31 heavy (non-hydrogen) atoms. The maximum absolute atomic E-state index is 12.4. The normalized spacial score (nSPS) is 10.9. The molecule has 0 atom stereocenters. The third kappa shape index (κ3) is 12.6. The van der Waals surface area contributed by atoms with Crippen molar-refractivity contribution in [2.24, 2.45) is 0 Å². The van der Waals surface area contributed by atoms with Crippen LogP contribution in [0.5, 0.6) is 5.75 Å². The number of aromatic hydroxyl groups is 1. The first kappa shape index (κ1) is 27.2. The lowest BCUT2D eigenvalue weighted by Gasteiger charge is -2.07. The maximum atomic E-state index is 12.4. The van der Waals surface area contributed by atoms with Gasteiger partial charge in [-0.3, -0.25) is 4.79 Å². The van der Waals surface area contributed by atoms with Crippen molar-refractivity contribution in [3.63, 3.8) is 0 Å². The van der Waals surface area contributed by atoms with Crippen molar-refractivity contribution in [2.45, 2.75) is 117 Å². The molecule has 176 valence electrons. The summed E-state index contributed by atoms with van der Waals surface area (Å²) in [5, 5.41) is 9.97. The molecular weight excluding hydrogens is 388 g/mol. The monoisotopic (exact) mass is 432 g/mol. The van der Waals surface area contributed by atoms with E-state index in [9.17, 15) is 14.7 Å². The number of unbranched alkanes of at least 4 members (excludes halogenated alkanes) is 14. The summed E-state index contributed by atoms with van der Waals surface area (Å²) in [5.74, 6) is -0.652. The van der Waals surface area contributed by atoms with E-state index in [1.807, 2.05) is 0 Å². The first-order valence-corrected chi connectivity index (χ1v) is 12.6. The fourth-order valence-corrected chi connectivity index (χ4v) is 3.89. The number of ether oxygens (including phenoxy) is 1. The molecule has 4 nitrogen and oxygen atoms in total. The minimum Gasteiger partial charge on any atom is -0.507 e. The fraction of sp³-hybridized carbons (Fsp3) is 0.704. The number of phenolic OH excluding ortho intramolecular Hbond substituents is 1. The second-order valence-corrected chi connectivity index (χ2v) is 8.58. The first-order chi connectivity index (χ1) is 15.1. The molecule has 0 aliphatic carbocycles. The number of benzene rings is 1. The lowest BCUT2D eigenvalue weighted by atomic mass is 10.00. The highest BCUT2D eigenvalue weighted by molar-refractivity contribution is 6.01. The summed E-state index contributed by atoms with van der Waals surface area (Å²) in [5.41, 5.74) is 0.524. The summed E-state index contributed by atoms with van der Waals surface area (Å²) in [6.07, 6.45) is 19.7. The van der Waals surface area contributed by atoms with Crippen LogP contribution in [0.2, 0.25) is 0 Å². The standard InChI is InChI=1S/C27H44O4/c1-3-5-6-7-8-9-10-11-12-13-14-15-16-17-18-19-25(28)24-22-23(20-21-26(24)29)27(30)31-4-2/h20-22,29H,3-19H2,1-2H3. The lowest BCUT2D eigenvalue weighted by molar-refractivity contribution is 0.0526. The summed E-state index contributed by atoms with van der Waals surface area (Å²) in [6.45, 7) is 4.28. The van der Waals surface area contributed by atoms with Crippen molar-refractivity contribution in [2.75, 3.05) is 6.61 Å². The third-order valence-corrected chi connectivity index (χ3v) is 5.82. The molecule has 0 amide bonds. The van der Waals surface area contributed by atoms with Crippen molar-refractivity contribution in [3.8, 4) is 5.75 Å². The van der Waals surface area contributed by atoms with E-state index in [0.717, 1.165) is 19.3 Å². The molecule has 4 heteroatoms. The molecule has 0 aromatic heterocycles. The molecule has 0 spiro atoms. The van der Waals surface area contributed by atoms with Crippen LogP contribution in [0.15, 0.2) is 18.2 Å². The van der Waals surface area contributed by atoms with Gasteiger partial charge in [-0.05, 0) is 31.5 Å². The lowest BCUT2D eigenvalue weighted by Crippen LogP contribution is -2.07. The molecule has 0 radical (unpaired) electrons. The van der Waals surface area contributed by atoms with Crippen LogP contribution in [-0.2, 0) is 4.74 Å². The Bertz CT molecular complexity index is 624. The van der Waals surface area contributed by atoms with Crippen LogP contribution in [0.4, 0.5) is 0 Å². The van der Waals surface area contributed by atoms with Gasteiger partial charge in [0.1, 0.15) is 5.75 Å². The van der Waals surface area contributed by atoms with Gasteiger partial charge >= 0.3 is 5.97 Å². The average molecular weight is 433 g/mol. The number of ketones is 1. The van der Waals surface area contributed by atoms with Gasteiger partial charge in [-0.1, -0.05) is 96.8 Å². The zero-order valence-corrected chi connectivity index (χ0v) is 19.9. The van der Waals surface area contributed by atoms with E-state index in [1.54, 1.807) is 6.92 Å². The second kappa shape index (κ2) is 17.8. The summed E-state index contributed by atoms with van der Waals surface area (Å²) in [7, 11) is 0. The fourth-order valence-electron chi connectivity index (χ4n) is 3.89. The molecule has 0 fully saturated rings. The zero-order valence-electron chi connectivity index (χ0n) is 19.9. The molecule has 0 unspecified atom stereocenters. The van der Waals surface area contributed by atoms with Crippen molar-refractivity contribution in [3.05, 3.63) is 29.3 Å². The summed E-state index contributed by atoms with van der Waals surface area (Å²) in [4.78, 5) is 24.2. The van der Waals surface area contributed by atoms with Crippen molar-refractivity contribution in [1.29, 1.82) is 0 Å². The van der Waals surface area contributed by atoms with Gasteiger partial charge < -0.3 is 9.84 Å². The molecule has 0 saturated heterocycles. The van der Waals surface area contributed by atoms with Gasteiger partial charge in [0.05, 0.1) is 17.7 Å². The SMILES string of the molecule is CCCCCCCCCCCCCCCCCC(=O)c1cc(C(=O)OCC)ccc1O. The van der Waals surface area contributed by atoms with E-state index in [0.29, 0.717) is 12.0 Å². The van der Waals surface area contributed by atoms with Crippen LogP contribution < -0.4 is 0 Å². The van der Waals surface area contributed by atoms with Gasteiger partial charge in [-0.25, -0.2) is 4.79 Å². The van der Waals surface area contributed by atoms with Gasteiger partial charge in [-0.2, -0.15) is 0 Å². The molecule has 0 bridgehead atoms. The molecule has 0 heterocycles. The number of esters is 1. The summed E-state index contributed by atoms with van der Waals surface area (Å²) < 4.78 is 4.96. The third-order valence-electron chi connectivity index (χ3n) is 5.82. The van der Waals surface area contributed by atoms with E-state index in [4.69, 9.17) is 4.74 Å². The van der Waals surface area contributed by atoms with Crippen molar-refractivity contribution < 1.29 is 19.4 Å². The van der Waals surface area contributed by atoms with Crippen LogP contribution in [0.25, 0.3) is 0 Å². The van der Waals surface area contributed by atoms with Gasteiger partial charge in [0.2, 0.25) is 0 Å². The molecule has 1 rings (SSSR count). The zero-order chi connectivity index (χ0) is 22.7. The highest BCUT2D eigenvalue weighted by Gasteiger charge is 2.15. The average Bonchev–Trinajstić information content (AvgIpc) is 2.76. The van der Waals surface area contributed by atoms with Crippen LogP contribution in [0.3, 0.4) is 0 Å². The van der Waals surface area contributed by atoms with E-state index >= 15 is 0 Å². The van der Waals surface area contributed by atoms with E-state index in [1.165, 1.54) is 95.2 Å². The largest absolute Gasteiger partial charge is 0.507 e. The van der Waals surface area contributed by atoms with Crippen LogP contribution in [0, 0.1) is 0 Å². The number of rotatable bonds is 19. The smallest absolute Gasteiger partial charge is 0.338 e. The Hall–Kier alpha value is -1.84. The number of phenols is 1. The molecule has 1 aromatic carbocycles. The molecule has 0 saturated carbocycles. The highest BCUT2D eigenvalue weighted by Crippen LogP contribution is 2.22. The summed E-state index contributed by atoms with van der Waals surface area (Å²) >= 11 is 0. The Morgan fingerprint density at radius 3 is 1.71 bits per heavy atom. The quantitative estimate of drug-likeness (QED) is 0.137. The van der Waals surface area contributed by atoms with Crippen molar-refractivity contribution in [1.82, 2.24) is 0 Å². The Morgan fingerprint density at radius 2 is 1.23 bits per heavy atom. The maximum Gasteiger partial charge on any atom is 0.338 e. The minimum absolute atomic E-state index is 0.0704. The van der Waals surface area contributed by atoms with Gasteiger partial charge in [0.15, 0.2) is 5.78 Å². The Kier molecular flexibility index (Phi) is 15.6. The second-order valence-electron chi connectivity index (χ2n) is 8.58. The minimum atomic E-state index is -0.469. The number of Topliss-reactive ketones (excluding diaryl/α,β-unsaturated/α-hetero) is 1. The van der Waals surface area contributed by atoms with Crippen LogP contribution >= 0.6 is 0 Å². The molecule has 1 aromatic rings. The number of hydrogen-bond donors (Lipinski definition) is 1. The van der Waals surface area contributed by atoms with Crippen molar-refractivity contribution >= 4 is 11.8 Å². The summed E-state index contributed by atoms with van der Waals surface area (Å²) in [6, 6.07) is 4.32. The Labute approximate surface area is 189 Å². The predicted molar refractivity (Wildman–Crippen MR) is 128 cm³/mol. The van der Waals surface area contributed by atoms with E-state index in [2.05, 4.69) is 6.92 Å². The van der Waals surface area contributed by atoms with Gasteiger partial charge in [0.25, 0.3) is 0 Å². The van der Waals surface area contributed by atoms with E-state index in [-0.39, 0.29) is 23.7 Å². The predicted octanol–water partition coefficient (Wildman–Crippen LogP) is 8.01. The number of carbonyl (C=O) groups is 2. The molecule has 1 N–H and O–H groups in total. The number of carbonyl (C=O) groups excluding carboxylic acids is 2. The topological polar surface area (TPSA) is 63.6 Å². The highest BCUT2D eigenvalue weighted by atomic mass is 16.5. The molecule has 0 aliphatic heterocycles. The van der Waals surface area contributed by atoms with Gasteiger partial charge in [0, 0.05) is 6.42 Å². The first-order valence-electron chi connectivity index (χ1n) is 12.6. The van der Waals surface area contributed by atoms with Gasteiger partial charge in [-0.15, -0.1) is 0 Å². The molecule has 0 aliphatic rings. The van der Waals surface area contributed by atoms with Crippen LogP contribution in [0.1, 0.15) is 137 Å². The number of hydrogen-bond acceptors (Lipinski definition) is 4. The Morgan fingerprint density at radius 1 is 0.742 bits per heavy atom. The Balaban J connectivity index is 2.06. The van der Waals surface area contributed by atoms with E-state index < -0.39 is 5.97 Å². The van der Waals surface area contributed by atoms with Crippen LogP contribution in [-0.4, -0.2) is 23.5 Å². The molecular formula is C27H44O4.